The Labute approximate surface area is 97.7 Å². The Morgan fingerprint density at radius 2 is 1.88 bits per heavy atom. The monoisotopic (exact) mass is 228 g/mol. The number of carbonyl (C=O) groups is 2. The standard InChI is InChI=1S/C12H22NO3/c1-10(13-11(2)14)8-6-4-5-7-9-12(15)16-3/h10H,1,4-9H2,2-3H3,(H,13,14). The van der Waals surface area contributed by atoms with Gasteiger partial charge in [0.25, 0.3) is 0 Å². The van der Waals surface area contributed by atoms with E-state index in [4.69, 9.17) is 0 Å². The van der Waals surface area contributed by atoms with Gasteiger partial charge in [-0.3, -0.25) is 9.59 Å². The Morgan fingerprint density at radius 1 is 1.25 bits per heavy atom. The second-order valence-electron chi connectivity index (χ2n) is 3.93. The van der Waals surface area contributed by atoms with Gasteiger partial charge in [-0.2, -0.15) is 0 Å². The third-order valence-corrected chi connectivity index (χ3v) is 2.32. The molecule has 4 nitrogen and oxygen atoms in total. The first kappa shape index (κ1) is 14.9. The van der Waals surface area contributed by atoms with Gasteiger partial charge in [0.1, 0.15) is 0 Å². The van der Waals surface area contributed by atoms with Crippen molar-refractivity contribution in [2.45, 2.75) is 51.5 Å². The predicted octanol–water partition coefficient (Wildman–Crippen LogP) is 1.84. The van der Waals surface area contributed by atoms with Crippen LogP contribution in [0.15, 0.2) is 0 Å². The zero-order chi connectivity index (χ0) is 12.4. The Balaban J connectivity index is 3.26. The molecule has 0 heterocycles. The van der Waals surface area contributed by atoms with E-state index in [9.17, 15) is 9.59 Å². The van der Waals surface area contributed by atoms with E-state index in [1.807, 2.05) is 0 Å². The van der Waals surface area contributed by atoms with Crippen molar-refractivity contribution in [2.24, 2.45) is 0 Å². The molecule has 0 aliphatic heterocycles. The largest absolute Gasteiger partial charge is 0.469 e. The molecule has 93 valence electrons. The molecule has 0 aromatic rings. The van der Waals surface area contributed by atoms with Crippen LogP contribution in [0.3, 0.4) is 0 Å². The molecule has 0 aliphatic rings. The third kappa shape index (κ3) is 9.49. The van der Waals surface area contributed by atoms with Gasteiger partial charge in [-0.25, -0.2) is 0 Å². The van der Waals surface area contributed by atoms with Gasteiger partial charge in [0, 0.05) is 19.4 Å². The highest BCUT2D eigenvalue weighted by molar-refractivity contribution is 5.73. The summed E-state index contributed by atoms with van der Waals surface area (Å²) in [4.78, 5) is 21.5. The Hall–Kier alpha value is -1.06. The number of unbranched alkanes of at least 4 members (excludes halogenated alkanes) is 3. The molecule has 0 saturated carbocycles. The quantitative estimate of drug-likeness (QED) is 0.509. The molecule has 0 rings (SSSR count). The first-order valence-electron chi connectivity index (χ1n) is 5.73. The van der Waals surface area contributed by atoms with Crippen molar-refractivity contribution in [3.05, 3.63) is 6.92 Å². The summed E-state index contributed by atoms with van der Waals surface area (Å²) in [5.41, 5.74) is 0. The van der Waals surface area contributed by atoms with Crippen molar-refractivity contribution in [1.29, 1.82) is 0 Å². The van der Waals surface area contributed by atoms with Crippen LogP contribution in [0.5, 0.6) is 0 Å². The number of nitrogens with one attached hydrogen (secondary N) is 1. The van der Waals surface area contributed by atoms with Crippen LogP contribution in [-0.4, -0.2) is 25.0 Å². The molecule has 1 atom stereocenters. The molecule has 0 fully saturated rings. The van der Waals surface area contributed by atoms with Gasteiger partial charge < -0.3 is 10.1 Å². The number of ether oxygens (including phenoxy) is 1. The molecule has 0 aromatic carbocycles. The second kappa shape index (κ2) is 9.19. The lowest BCUT2D eigenvalue weighted by atomic mass is 10.1. The van der Waals surface area contributed by atoms with E-state index in [0.29, 0.717) is 6.42 Å². The van der Waals surface area contributed by atoms with Crippen LogP contribution in [0, 0.1) is 6.92 Å². The molecule has 0 aliphatic carbocycles. The molecule has 0 saturated heterocycles. The summed E-state index contributed by atoms with van der Waals surface area (Å²) in [5, 5.41) is 2.74. The number of esters is 1. The van der Waals surface area contributed by atoms with E-state index in [1.165, 1.54) is 14.0 Å². The number of methoxy groups -OCH3 is 1. The van der Waals surface area contributed by atoms with Crippen LogP contribution < -0.4 is 5.32 Å². The maximum absolute atomic E-state index is 10.8. The zero-order valence-corrected chi connectivity index (χ0v) is 10.3. The van der Waals surface area contributed by atoms with Crippen LogP contribution in [0.1, 0.15) is 45.4 Å². The summed E-state index contributed by atoms with van der Waals surface area (Å²) in [6.07, 6.45) is 5.35. The molecule has 1 amide bonds. The van der Waals surface area contributed by atoms with Gasteiger partial charge in [0.2, 0.25) is 5.91 Å². The van der Waals surface area contributed by atoms with Crippen molar-refractivity contribution < 1.29 is 14.3 Å². The average molecular weight is 228 g/mol. The summed E-state index contributed by atoms with van der Waals surface area (Å²) >= 11 is 0. The van der Waals surface area contributed by atoms with Gasteiger partial charge in [-0.1, -0.05) is 19.3 Å². The SMILES string of the molecule is [CH2]C(CCCCCCC(=O)OC)NC(C)=O. The molecule has 16 heavy (non-hydrogen) atoms. The number of amides is 1. The minimum absolute atomic E-state index is 0.00175. The van der Waals surface area contributed by atoms with Gasteiger partial charge in [-0.15, -0.1) is 0 Å². The molecule has 1 unspecified atom stereocenters. The highest BCUT2D eigenvalue weighted by Crippen LogP contribution is 2.07. The molecule has 0 aromatic heterocycles. The Morgan fingerprint density at radius 3 is 2.44 bits per heavy atom. The molecule has 4 heteroatoms. The van der Waals surface area contributed by atoms with E-state index >= 15 is 0 Å². The average Bonchev–Trinajstić information content (AvgIpc) is 2.21. The predicted molar refractivity (Wildman–Crippen MR) is 62.7 cm³/mol. The number of rotatable bonds is 8. The van der Waals surface area contributed by atoms with Crippen molar-refractivity contribution in [3.8, 4) is 0 Å². The lowest BCUT2D eigenvalue weighted by Crippen LogP contribution is -2.30. The van der Waals surface area contributed by atoms with Gasteiger partial charge in [0.15, 0.2) is 0 Å². The fourth-order valence-corrected chi connectivity index (χ4v) is 1.48. The van der Waals surface area contributed by atoms with Gasteiger partial charge in [-0.05, 0) is 19.8 Å². The third-order valence-electron chi connectivity index (χ3n) is 2.32. The topological polar surface area (TPSA) is 55.4 Å². The van der Waals surface area contributed by atoms with E-state index in [0.717, 1.165) is 32.1 Å². The fourth-order valence-electron chi connectivity index (χ4n) is 1.48. The van der Waals surface area contributed by atoms with E-state index in [2.05, 4.69) is 17.0 Å². The number of hydrogen-bond acceptors (Lipinski definition) is 3. The second-order valence-corrected chi connectivity index (χ2v) is 3.93. The number of hydrogen-bond donors (Lipinski definition) is 1. The lowest BCUT2D eigenvalue weighted by Gasteiger charge is -2.11. The first-order chi connectivity index (χ1) is 7.56. The van der Waals surface area contributed by atoms with E-state index in [-0.39, 0.29) is 17.9 Å². The summed E-state index contributed by atoms with van der Waals surface area (Å²) in [6, 6.07) is -0.00175. The lowest BCUT2D eigenvalue weighted by molar-refractivity contribution is -0.140. The fraction of sp³-hybridized carbons (Fsp3) is 0.750. The van der Waals surface area contributed by atoms with Gasteiger partial charge >= 0.3 is 5.97 Å². The first-order valence-corrected chi connectivity index (χ1v) is 5.73. The summed E-state index contributed by atoms with van der Waals surface area (Å²) < 4.78 is 4.54. The molecule has 0 bridgehead atoms. The molecular formula is C12H22NO3. The van der Waals surface area contributed by atoms with Crippen LogP contribution in [0.4, 0.5) is 0 Å². The number of carbonyl (C=O) groups excluding carboxylic acids is 2. The van der Waals surface area contributed by atoms with Crippen molar-refractivity contribution in [2.75, 3.05) is 7.11 Å². The summed E-state index contributed by atoms with van der Waals surface area (Å²) in [6.45, 7) is 5.33. The highest BCUT2D eigenvalue weighted by atomic mass is 16.5. The van der Waals surface area contributed by atoms with E-state index < -0.39 is 0 Å². The Kier molecular flexibility index (Phi) is 8.58. The molecular weight excluding hydrogens is 206 g/mol. The summed E-state index contributed by atoms with van der Waals surface area (Å²) in [7, 11) is 1.41. The maximum Gasteiger partial charge on any atom is 0.305 e. The smallest absolute Gasteiger partial charge is 0.305 e. The Bertz CT molecular complexity index is 216. The minimum Gasteiger partial charge on any atom is -0.469 e. The highest BCUT2D eigenvalue weighted by Gasteiger charge is 2.03. The maximum atomic E-state index is 10.8. The van der Waals surface area contributed by atoms with Crippen LogP contribution in [0.25, 0.3) is 0 Å². The van der Waals surface area contributed by atoms with Crippen LogP contribution >= 0.6 is 0 Å². The van der Waals surface area contributed by atoms with Crippen molar-refractivity contribution in [1.82, 2.24) is 5.32 Å². The zero-order valence-electron chi connectivity index (χ0n) is 10.3. The minimum atomic E-state index is -0.145. The molecule has 1 N–H and O–H groups in total. The van der Waals surface area contributed by atoms with Crippen molar-refractivity contribution >= 4 is 11.9 Å². The molecule has 0 spiro atoms. The molecule has 1 radical (unpaired) electrons. The normalized spacial score (nSPS) is 11.9. The van der Waals surface area contributed by atoms with E-state index in [1.54, 1.807) is 0 Å². The van der Waals surface area contributed by atoms with Gasteiger partial charge in [0.05, 0.1) is 7.11 Å². The van der Waals surface area contributed by atoms with Crippen molar-refractivity contribution in [3.63, 3.8) is 0 Å². The van der Waals surface area contributed by atoms with Crippen LogP contribution in [-0.2, 0) is 14.3 Å². The van der Waals surface area contributed by atoms with Crippen LogP contribution in [0.2, 0.25) is 0 Å². The summed E-state index contributed by atoms with van der Waals surface area (Å²) in [5.74, 6) is -0.182.